The highest BCUT2D eigenvalue weighted by molar-refractivity contribution is 7.98. The summed E-state index contributed by atoms with van der Waals surface area (Å²) in [6.07, 6.45) is 3.05. The summed E-state index contributed by atoms with van der Waals surface area (Å²) in [7, 11) is 0. The molecule has 1 saturated heterocycles. The van der Waals surface area contributed by atoms with Crippen LogP contribution < -0.4 is 5.56 Å². The van der Waals surface area contributed by atoms with Crippen molar-refractivity contribution in [3.63, 3.8) is 0 Å². The molecular weight excluding hydrogens is 495 g/mol. The Bertz CT molecular complexity index is 1550. The molecule has 1 aliphatic heterocycles. The number of piperidine rings is 1. The van der Waals surface area contributed by atoms with Crippen LogP contribution in [0.1, 0.15) is 35.2 Å². The molecular formula is C27H23FN4O4S. The summed E-state index contributed by atoms with van der Waals surface area (Å²) in [5.74, 6) is -0.200. The highest BCUT2D eigenvalue weighted by Crippen LogP contribution is 2.26. The number of non-ortho nitro benzene ring substituents is 1. The van der Waals surface area contributed by atoms with Gasteiger partial charge in [0, 0.05) is 36.5 Å². The van der Waals surface area contributed by atoms with Crippen molar-refractivity contribution in [3.8, 4) is 5.69 Å². The largest absolute Gasteiger partial charge is 0.339 e. The third-order valence-electron chi connectivity index (χ3n) is 6.31. The number of likely N-dealkylation sites (tertiary alicyclic amines) is 1. The van der Waals surface area contributed by atoms with Crippen molar-refractivity contribution in [1.82, 2.24) is 14.5 Å². The van der Waals surface area contributed by atoms with E-state index >= 15 is 0 Å². The maximum atomic E-state index is 14.1. The van der Waals surface area contributed by atoms with E-state index in [2.05, 4.69) is 0 Å². The van der Waals surface area contributed by atoms with Crippen LogP contribution in [0.5, 0.6) is 0 Å². The van der Waals surface area contributed by atoms with Gasteiger partial charge in [-0.2, -0.15) is 0 Å². The van der Waals surface area contributed by atoms with Crippen LogP contribution in [0.2, 0.25) is 0 Å². The van der Waals surface area contributed by atoms with Crippen molar-refractivity contribution in [2.45, 2.75) is 30.2 Å². The summed E-state index contributed by atoms with van der Waals surface area (Å²) in [4.78, 5) is 43.7. The zero-order valence-electron chi connectivity index (χ0n) is 19.8. The second-order valence-electron chi connectivity index (χ2n) is 8.81. The molecule has 37 heavy (non-hydrogen) atoms. The summed E-state index contributed by atoms with van der Waals surface area (Å²) in [5, 5.41) is 11.6. The Labute approximate surface area is 215 Å². The minimum atomic E-state index is -0.488. The Balaban J connectivity index is 1.55. The number of halogens is 1. The molecule has 0 aliphatic carbocycles. The molecule has 0 unspecified atom stereocenters. The number of carbonyl (C=O) groups excluding carboxylic acids is 1. The fourth-order valence-electron chi connectivity index (χ4n) is 4.38. The lowest BCUT2D eigenvalue weighted by molar-refractivity contribution is -0.384. The third-order valence-corrected chi connectivity index (χ3v) is 7.32. The maximum Gasteiger partial charge on any atom is 0.269 e. The fourth-order valence-corrected chi connectivity index (χ4v) is 5.35. The highest BCUT2D eigenvalue weighted by Gasteiger charge is 2.20. The van der Waals surface area contributed by atoms with Crippen LogP contribution in [0.4, 0.5) is 10.1 Å². The fraction of sp³-hybridized carbons (Fsp3) is 0.222. The van der Waals surface area contributed by atoms with Crippen LogP contribution in [-0.4, -0.2) is 38.4 Å². The minimum absolute atomic E-state index is 0.0137. The van der Waals surface area contributed by atoms with E-state index in [1.807, 2.05) is 4.90 Å². The molecule has 0 bridgehead atoms. The van der Waals surface area contributed by atoms with E-state index in [0.717, 1.165) is 24.8 Å². The van der Waals surface area contributed by atoms with Crippen LogP contribution in [0.25, 0.3) is 16.6 Å². The Kier molecular flexibility index (Phi) is 7.00. The zero-order chi connectivity index (χ0) is 25.9. The first-order chi connectivity index (χ1) is 17.9. The Morgan fingerprint density at radius 1 is 1.03 bits per heavy atom. The number of aromatic nitrogens is 2. The minimum Gasteiger partial charge on any atom is -0.339 e. The van der Waals surface area contributed by atoms with Crippen LogP contribution in [0.15, 0.2) is 76.7 Å². The first kappa shape index (κ1) is 24.6. The molecule has 0 saturated carbocycles. The van der Waals surface area contributed by atoms with Gasteiger partial charge in [0.2, 0.25) is 0 Å². The van der Waals surface area contributed by atoms with Gasteiger partial charge < -0.3 is 4.90 Å². The van der Waals surface area contributed by atoms with Crippen molar-refractivity contribution in [2.24, 2.45) is 0 Å². The molecule has 1 aliphatic rings. The lowest BCUT2D eigenvalue weighted by Crippen LogP contribution is -2.35. The maximum absolute atomic E-state index is 14.1. The van der Waals surface area contributed by atoms with Gasteiger partial charge >= 0.3 is 0 Å². The van der Waals surface area contributed by atoms with Crippen LogP contribution in [0.3, 0.4) is 0 Å². The van der Waals surface area contributed by atoms with E-state index in [4.69, 9.17) is 4.98 Å². The number of benzene rings is 3. The molecule has 3 aromatic carbocycles. The van der Waals surface area contributed by atoms with Crippen molar-refractivity contribution in [1.29, 1.82) is 0 Å². The van der Waals surface area contributed by atoms with Gasteiger partial charge in [-0.3, -0.25) is 24.3 Å². The van der Waals surface area contributed by atoms with Gasteiger partial charge in [-0.15, -0.1) is 0 Å². The van der Waals surface area contributed by atoms with Gasteiger partial charge in [0.05, 0.1) is 21.5 Å². The van der Waals surface area contributed by atoms with E-state index < -0.39 is 10.7 Å². The monoisotopic (exact) mass is 518 g/mol. The number of nitro benzene ring substituents is 1. The molecule has 1 amide bonds. The second-order valence-corrected chi connectivity index (χ2v) is 9.75. The average Bonchev–Trinajstić information content (AvgIpc) is 2.92. The lowest BCUT2D eigenvalue weighted by Gasteiger charge is -2.26. The SMILES string of the molecule is O=C(c1ccc2c(=O)n(-c3cccc(F)c3)c(SCc3ccc([N+](=O)[O-])cc3)nc2c1)N1CCCCC1. The summed E-state index contributed by atoms with van der Waals surface area (Å²) < 4.78 is 15.4. The van der Waals surface area contributed by atoms with Gasteiger partial charge in [0.1, 0.15) is 5.82 Å². The normalized spacial score (nSPS) is 13.6. The molecule has 1 fully saturated rings. The molecule has 5 rings (SSSR count). The highest BCUT2D eigenvalue weighted by atomic mass is 32.2. The molecule has 8 nitrogen and oxygen atoms in total. The van der Waals surface area contributed by atoms with Gasteiger partial charge in [0.25, 0.3) is 17.2 Å². The molecule has 0 atom stereocenters. The van der Waals surface area contributed by atoms with E-state index in [1.165, 1.54) is 46.7 Å². The summed E-state index contributed by atoms with van der Waals surface area (Å²) in [5.41, 5.74) is 1.59. The number of carbonyl (C=O) groups is 1. The average molecular weight is 519 g/mol. The summed E-state index contributed by atoms with van der Waals surface area (Å²) in [6.45, 7) is 1.42. The van der Waals surface area contributed by atoms with E-state index in [9.17, 15) is 24.1 Å². The molecule has 4 aromatic rings. The molecule has 2 heterocycles. The van der Waals surface area contributed by atoms with Crippen molar-refractivity contribution in [2.75, 3.05) is 13.1 Å². The quantitative estimate of drug-likeness (QED) is 0.148. The van der Waals surface area contributed by atoms with Crippen molar-refractivity contribution in [3.05, 3.63) is 104 Å². The molecule has 188 valence electrons. The van der Waals surface area contributed by atoms with Crippen LogP contribution in [0, 0.1) is 15.9 Å². The summed E-state index contributed by atoms with van der Waals surface area (Å²) >= 11 is 1.25. The number of nitrogens with zero attached hydrogens (tertiary/aromatic N) is 4. The van der Waals surface area contributed by atoms with Crippen molar-refractivity contribution >= 4 is 34.3 Å². The van der Waals surface area contributed by atoms with Crippen LogP contribution >= 0.6 is 11.8 Å². The lowest BCUT2D eigenvalue weighted by atomic mass is 10.1. The third kappa shape index (κ3) is 5.24. The van der Waals surface area contributed by atoms with Crippen LogP contribution in [-0.2, 0) is 5.75 Å². The number of hydrogen-bond acceptors (Lipinski definition) is 6. The predicted molar refractivity (Wildman–Crippen MR) is 140 cm³/mol. The Morgan fingerprint density at radius 3 is 2.49 bits per heavy atom. The molecule has 0 N–H and O–H groups in total. The predicted octanol–water partition coefficient (Wildman–Crippen LogP) is 5.35. The van der Waals surface area contributed by atoms with E-state index in [0.29, 0.717) is 46.2 Å². The van der Waals surface area contributed by atoms with Gasteiger partial charge in [-0.05, 0) is 61.2 Å². The first-order valence-corrected chi connectivity index (χ1v) is 12.9. The number of thioether (sulfide) groups is 1. The van der Waals surface area contributed by atoms with Gasteiger partial charge in [-0.25, -0.2) is 9.37 Å². The molecule has 1 aromatic heterocycles. The van der Waals surface area contributed by atoms with Crippen molar-refractivity contribution < 1.29 is 14.1 Å². The van der Waals surface area contributed by atoms with E-state index in [1.54, 1.807) is 36.4 Å². The number of fused-ring (bicyclic) bond motifs is 1. The topological polar surface area (TPSA) is 98.3 Å². The molecule has 0 spiro atoms. The number of amides is 1. The smallest absolute Gasteiger partial charge is 0.269 e. The van der Waals surface area contributed by atoms with Gasteiger partial charge in [-0.1, -0.05) is 30.0 Å². The number of nitro groups is 1. The number of hydrogen-bond donors (Lipinski definition) is 0. The summed E-state index contributed by atoms with van der Waals surface area (Å²) in [6, 6.07) is 16.7. The molecule has 10 heteroatoms. The Morgan fingerprint density at radius 2 is 1.78 bits per heavy atom. The molecule has 0 radical (unpaired) electrons. The second kappa shape index (κ2) is 10.5. The first-order valence-electron chi connectivity index (χ1n) is 11.9. The van der Waals surface area contributed by atoms with E-state index in [-0.39, 0.29) is 17.2 Å². The van der Waals surface area contributed by atoms with Gasteiger partial charge in [0.15, 0.2) is 5.16 Å². The standard InChI is InChI=1S/C27H23FN4O4S/c28-20-5-4-6-22(16-20)31-26(34)23-12-9-19(25(33)30-13-2-1-3-14-30)15-24(23)29-27(31)37-17-18-7-10-21(11-8-18)32(35)36/h4-12,15-16H,1-3,13-14,17H2. The number of rotatable bonds is 6. The zero-order valence-corrected chi connectivity index (χ0v) is 20.6. The Hall–Kier alpha value is -4.05.